The zero-order valence-corrected chi connectivity index (χ0v) is 20.8. The van der Waals surface area contributed by atoms with Crippen LogP contribution >= 0.6 is 0 Å². The molecule has 1 saturated heterocycles. The van der Waals surface area contributed by atoms with Crippen molar-refractivity contribution in [1.82, 2.24) is 10.2 Å². The molecule has 0 saturated carbocycles. The summed E-state index contributed by atoms with van der Waals surface area (Å²) in [5, 5.41) is 5.74. The molecule has 0 aromatic heterocycles. The van der Waals surface area contributed by atoms with Crippen molar-refractivity contribution < 1.29 is 9.59 Å². The van der Waals surface area contributed by atoms with Crippen LogP contribution in [0.5, 0.6) is 0 Å². The van der Waals surface area contributed by atoms with Crippen molar-refractivity contribution in [3.63, 3.8) is 0 Å². The van der Waals surface area contributed by atoms with Gasteiger partial charge in [0.2, 0.25) is 0 Å². The maximum Gasteiger partial charge on any atom is 0.319 e. The molecular formula is C29H34N4O2. The summed E-state index contributed by atoms with van der Waals surface area (Å²) in [6.07, 6.45) is 0. The van der Waals surface area contributed by atoms with E-state index in [1.165, 1.54) is 5.56 Å². The third-order valence-electron chi connectivity index (χ3n) is 6.35. The standard InChI is InChI=1S/C29H34N4O2/c1-29(2,3)24-11-9-23(10-12-24)27(34)33-19-17-32(18-20-33)26-15-13-25(14-16-26)31-28(35)30-21-22-7-5-4-6-8-22/h4-16H,17-21H2,1-3H3,(H2,30,31,35). The molecule has 0 spiro atoms. The van der Waals surface area contributed by atoms with Crippen molar-refractivity contribution in [2.75, 3.05) is 36.4 Å². The molecule has 4 rings (SSSR count). The number of rotatable bonds is 5. The van der Waals surface area contributed by atoms with Gasteiger partial charge in [0.1, 0.15) is 0 Å². The Bertz CT molecular complexity index is 1130. The molecule has 0 unspecified atom stereocenters. The summed E-state index contributed by atoms with van der Waals surface area (Å²) in [5.74, 6) is 0.0890. The smallest absolute Gasteiger partial charge is 0.319 e. The Morgan fingerprint density at radius 3 is 2.03 bits per heavy atom. The first-order valence-corrected chi connectivity index (χ1v) is 12.1. The molecule has 6 nitrogen and oxygen atoms in total. The summed E-state index contributed by atoms with van der Waals surface area (Å²) < 4.78 is 0. The highest BCUT2D eigenvalue weighted by Crippen LogP contribution is 2.23. The van der Waals surface area contributed by atoms with Gasteiger partial charge in [0.15, 0.2) is 0 Å². The Balaban J connectivity index is 1.26. The maximum absolute atomic E-state index is 13.0. The van der Waals surface area contributed by atoms with Crippen LogP contribution in [-0.4, -0.2) is 43.0 Å². The van der Waals surface area contributed by atoms with E-state index in [9.17, 15) is 9.59 Å². The Labute approximate surface area is 207 Å². The van der Waals surface area contributed by atoms with Crippen molar-refractivity contribution in [1.29, 1.82) is 0 Å². The van der Waals surface area contributed by atoms with Crippen LogP contribution in [0.1, 0.15) is 42.3 Å². The van der Waals surface area contributed by atoms with Crippen LogP contribution in [0.4, 0.5) is 16.2 Å². The molecule has 2 N–H and O–H groups in total. The lowest BCUT2D eigenvalue weighted by Gasteiger charge is -2.36. The molecule has 1 aliphatic rings. The van der Waals surface area contributed by atoms with Crippen LogP contribution in [-0.2, 0) is 12.0 Å². The van der Waals surface area contributed by atoms with Gasteiger partial charge >= 0.3 is 6.03 Å². The molecule has 3 amide bonds. The molecule has 6 heteroatoms. The molecule has 35 heavy (non-hydrogen) atoms. The van der Waals surface area contributed by atoms with Gasteiger partial charge in [-0.15, -0.1) is 0 Å². The van der Waals surface area contributed by atoms with E-state index in [0.29, 0.717) is 19.6 Å². The third kappa shape index (κ3) is 6.41. The van der Waals surface area contributed by atoms with Gasteiger partial charge in [-0.3, -0.25) is 4.79 Å². The Morgan fingerprint density at radius 2 is 1.43 bits per heavy atom. The van der Waals surface area contributed by atoms with Crippen LogP contribution in [0, 0.1) is 0 Å². The van der Waals surface area contributed by atoms with E-state index in [0.717, 1.165) is 35.6 Å². The van der Waals surface area contributed by atoms with Gasteiger partial charge in [0.25, 0.3) is 5.91 Å². The van der Waals surface area contributed by atoms with E-state index in [1.807, 2.05) is 71.6 Å². The van der Waals surface area contributed by atoms with Crippen molar-refractivity contribution in [2.45, 2.75) is 32.7 Å². The van der Waals surface area contributed by atoms with Crippen molar-refractivity contribution >= 4 is 23.3 Å². The number of urea groups is 1. The van der Waals surface area contributed by atoms with E-state index in [-0.39, 0.29) is 17.4 Å². The van der Waals surface area contributed by atoms with Gasteiger partial charge in [-0.25, -0.2) is 4.79 Å². The molecule has 0 bridgehead atoms. The van der Waals surface area contributed by atoms with Crippen LogP contribution in [0.25, 0.3) is 0 Å². The second kappa shape index (κ2) is 10.6. The zero-order chi connectivity index (χ0) is 24.8. The van der Waals surface area contributed by atoms with Gasteiger partial charge < -0.3 is 20.4 Å². The number of carbonyl (C=O) groups excluding carboxylic acids is 2. The maximum atomic E-state index is 13.0. The predicted molar refractivity (Wildman–Crippen MR) is 142 cm³/mol. The lowest BCUT2D eigenvalue weighted by Crippen LogP contribution is -2.48. The summed E-state index contributed by atoms with van der Waals surface area (Å²) in [5.41, 5.74) is 4.92. The number of hydrogen-bond acceptors (Lipinski definition) is 3. The molecule has 0 aliphatic carbocycles. The molecule has 182 valence electrons. The summed E-state index contributed by atoms with van der Waals surface area (Å²) in [4.78, 5) is 29.3. The molecule has 3 aromatic carbocycles. The Kier molecular flexibility index (Phi) is 7.39. The summed E-state index contributed by atoms with van der Waals surface area (Å²) in [6, 6.07) is 25.4. The van der Waals surface area contributed by atoms with E-state index in [2.05, 4.69) is 48.4 Å². The van der Waals surface area contributed by atoms with Gasteiger partial charge in [-0.05, 0) is 52.9 Å². The highest BCUT2D eigenvalue weighted by atomic mass is 16.2. The molecule has 1 heterocycles. The quantitative estimate of drug-likeness (QED) is 0.534. The normalized spacial score (nSPS) is 13.9. The number of nitrogens with one attached hydrogen (secondary N) is 2. The van der Waals surface area contributed by atoms with Gasteiger partial charge in [-0.2, -0.15) is 0 Å². The number of anilines is 2. The Hall–Kier alpha value is -3.80. The van der Waals surface area contributed by atoms with E-state index >= 15 is 0 Å². The molecule has 1 fully saturated rings. The topological polar surface area (TPSA) is 64.7 Å². The van der Waals surface area contributed by atoms with Gasteiger partial charge in [-0.1, -0.05) is 63.2 Å². The highest BCUT2D eigenvalue weighted by Gasteiger charge is 2.23. The van der Waals surface area contributed by atoms with E-state index in [4.69, 9.17) is 0 Å². The van der Waals surface area contributed by atoms with Crippen LogP contribution < -0.4 is 15.5 Å². The first kappa shape index (κ1) is 24.3. The second-order valence-corrected chi connectivity index (χ2v) is 9.95. The minimum absolute atomic E-state index is 0.0736. The summed E-state index contributed by atoms with van der Waals surface area (Å²) in [6.45, 7) is 9.91. The van der Waals surface area contributed by atoms with Crippen molar-refractivity contribution in [3.8, 4) is 0 Å². The second-order valence-electron chi connectivity index (χ2n) is 9.95. The monoisotopic (exact) mass is 470 g/mol. The first-order chi connectivity index (χ1) is 16.8. The number of nitrogens with zero attached hydrogens (tertiary/aromatic N) is 2. The lowest BCUT2D eigenvalue weighted by atomic mass is 9.86. The average Bonchev–Trinajstić information content (AvgIpc) is 2.88. The molecule has 1 aliphatic heterocycles. The zero-order valence-electron chi connectivity index (χ0n) is 20.8. The van der Waals surface area contributed by atoms with Crippen LogP contribution in [0.3, 0.4) is 0 Å². The van der Waals surface area contributed by atoms with E-state index in [1.54, 1.807) is 0 Å². The van der Waals surface area contributed by atoms with Gasteiger partial charge in [0, 0.05) is 49.7 Å². The average molecular weight is 471 g/mol. The Morgan fingerprint density at radius 1 is 0.800 bits per heavy atom. The predicted octanol–water partition coefficient (Wildman–Crippen LogP) is 5.27. The number of piperazine rings is 1. The number of hydrogen-bond donors (Lipinski definition) is 2. The van der Waals surface area contributed by atoms with Crippen LogP contribution in [0.15, 0.2) is 78.9 Å². The lowest BCUT2D eigenvalue weighted by molar-refractivity contribution is 0.0746. The highest BCUT2D eigenvalue weighted by molar-refractivity contribution is 5.94. The van der Waals surface area contributed by atoms with E-state index < -0.39 is 0 Å². The molecule has 0 atom stereocenters. The minimum atomic E-state index is -0.232. The fourth-order valence-corrected chi connectivity index (χ4v) is 4.17. The summed E-state index contributed by atoms with van der Waals surface area (Å²) in [7, 11) is 0. The minimum Gasteiger partial charge on any atom is -0.368 e. The fourth-order valence-electron chi connectivity index (χ4n) is 4.17. The molecule has 3 aromatic rings. The van der Waals surface area contributed by atoms with Gasteiger partial charge in [0.05, 0.1) is 0 Å². The SMILES string of the molecule is CC(C)(C)c1ccc(C(=O)N2CCN(c3ccc(NC(=O)NCc4ccccc4)cc3)CC2)cc1. The first-order valence-electron chi connectivity index (χ1n) is 12.1. The largest absolute Gasteiger partial charge is 0.368 e. The van der Waals surface area contributed by atoms with Crippen molar-refractivity contribution in [3.05, 3.63) is 95.6 Å². The summed E-state index contributed by atoms with van der Waals surface area (Å²) >= 11 is 0. The number of benzene rings is 3. The fraction of sp³-hybridized carbons (Fsp3) is 0.310. The van der Waals surface area contributed by atoms with Crippen molar-refractivity contribution in [2.24, 2.45) is 0 Å². The number of carbonyl (C=O) groups is 2. The number of amides is 3. The molecular weight excluding hydrogens is 436 g/mol. The van der Waals surface area contributed by atoms with Crippen LogP contribution in [0.2, 0.25) is 0 Å². The third-order valence-corrected chi connectivity index (χ3v) is 6.35. The molecule has 0 radical (unpaired) electrons.